The van der Waals surface area contributed by atoms with Crippen molar-refractivity contribution in [3.05, 3.63) is 15.9 Å². The van der Waals surface area contributed by atoms with Crippen molar-refractivity contribution in [1.29, 1.82) is 0 Å². The van der Waals surface area contributed by atoms with E-state index in [0.29, 0.717) is 6.04 Å². The molecule has 1 N–H and O–H groups in total. The second-order valence-corrected chi connectivity index (χ2v) is 4.60. The van der Waals surface area contributed by atoms with Gasteiger partial charge in [0.05, 0.1) is 11.7 Å². The van der Waals surface area contributed by atoms with E-state index in [4.69, 9.17) is 0 Å². The first kappa shape index (κ1) is 8.00. The van der Waals surface area contributed by atoms with Gasteiger partial charge >= 0.3 is 0 Å². The Morgan fingerprint density at radius 3 is 2.85 bits per heavy atom. The van der Waals surface area contributed by atoms with Gasteiger partial charge < -0.3 is 5.32 Å². The monoisotopic (exact) mass is 241 g/mol. The molecule has 0 aromatic carbocycles. The molecule has 3 nitrogen and oxygen atoms in total. The van der Waals surface area contributed by atoms with Gasteiger partial charge in [-0.15, -0.1) is 0 Å². The summed E-state index contributed by atoms with van der Waals surface area (Å²) in [5.41, 5.74) is 2.60. The molecule has 2 heterocycles. The summed E-state index contributed by atoms with van der Waals surface area (Å²) >= 11 is 3.64. The van der Waals surface area contributed by atoms with Gasteiger partial charge in [0.2, 0.25) is 0 Å². The number of fused-ring (bicyclic) bond motifs is 1. The second-order valence-electron chi connectivity index (χ2n) is 3.85. The fourth-order valence-electron chi connectivity index (χ4n) is 1.99. The van der Waals surface area contributed by atoms with Crippen LogP contribution in [0.1, 0.15) is 36.6 Å². The summed E-state index contributed by atoms with van der Waals surface area (Å²) in [7, 11) is 0. The molecule has 1 aromatic rings. The van der Waals surface area contributed by atoms with Crippen molar-refractivity contribution >= 4 is 15.9 Å². The molecule has 1 aromatic heterocycles. The third-order valence-corrected chi connectivity index (χ3v) is 3.88. The number of rotatable bonds is 1. The largest absolute Gasteiger partial charge is 0.307 e. The van der Waals surface area contributed by atoms with Crippen molar-refractivity contribution in [1.82, 2.24) is 15.1 Å². The molecule has 0 bridgehead atoms. The van der Waals surface area contributed by atoms with Crippen molar-refractivity contribution in [3.63, 3.8) is 0 Å². The minimum atomic E-state index is 0.667. The highest BCUT2D eigenvalue weighted by Gasteiger charge is 2.27. The third-order valence-electron chi connectivity index (χ3n) is 3.04. The Hall–Kier alpha value is -0.350. The molecule has 1 aliphatic carbocycles. The summed E-state index contributed by atoms with van der Waals surface area (Å²) in [4.78, 5) is 0. The average Bonchev–Trinajstić information content (AvgIpc) is 2.54. The number of hydrogen-bond acceptors (Lipinski definition) is 2. The quantitative estimate of drug-likeness (QED) is 0.815. The maximum atomic E-state index is 4.62. The van der Waals surface area contributed by atoms with Crippen molar-refractivity contribution in [2.75, 3.05) is 0 Å². The van der Waals surface area contributed by atoms with Crippen molar-refractivity contribution in [3.8, 4) is 0 Å². The van der Waals surface area contributed by atoms with Gasteiger partial charge in [-0.3, -0.25) is 4.68 Å². The molecular weight excluding hydrogens is 230 g/mol. The van der Waals surface area contributed by atoms with E-state index in [1.165, 1.54) is 35.1 Å². The lowest BCUT2D eigenvalue weighted by atomic mass is 9.93. The molecule has 0 amide bonds. The standard InChI is InChI=1S/C9H12BrN3/c10-9-7-4-11-5-8(7)12-13(9)6-2-1-3-6/h6,11H,1-5H2. The molecule has 1 saturated carbocycles. The normalized spacial score (nSPS) is 21.6. The summed E-state index contributed by atoms with van der Waals surface area (Å²) in [6.07, 6.45) is 3.96. The molecule has 4 heteroatoms. The van der Waals surface area contributed by atoms with Gasteiger partial charge in [-0.2, -0.15) is 5.10 Å². The van der Waals surface area contributed by atoms with E-state index >= 15 is 0 Å². The van der Waals surface area contributed by atoms with E-state index < -0.39 is 0 Å². The molecule has 2 aliphatic rings. The fraction of sp³-hybridized carbons (Fsp3) is 0.667. The number of hydrogen-bond donors (Lipinski definition) is 1. The van der Waals surface area contributed by atoms with Crippen LogP contribution in [0.25, 0.3) is 0 Å². The summed E-state index contributed by atoms with van der Waals surface area (Å²) < 4.78 is 3.38. The maximum absolute atomic E-state index is 4.62. The van der Waals surface area contributed by atoms with Crippen LogP contribution in [0.15, 0.2) is 4.60 Å². The summed E-state index contributed by atoms with van der Waals surface area (Å²) in [5, 5.41) is 7.92. The van der Waals surface area contributed by atoms with E-state index in [1.54, 1.807) is 0 Å². The molecule has 0 atom stereocenters. The van der Waals surface area contributed by atoms with Crippen LogP contribution in [0.4, 0.5) is 0 Å². The average molecular weight is 242 g/mol. The van der Waals surface area contributed by atoms with Crippen molar-refractivity contribution in [2.45, 2.75) is 38.4 Å². The molecule has 0 radical (unpaired) electrons. The van der Waals surface area contributed by atoms with Crippen LogP contribution in [0.2, 0.25) is 0 Å². The number of halogens is 1. The van der Waals surface area contributed by atoms with Crippen LogP contribution in [0.3, 0.4) is 0 Å². The van der Waals surface area contributed by atoms with Crippen LogP contribution >= 0.6 is 15.9 Å². The minimum absolute atomic E-state index is 0.667. The molecule has 70 valence electrons. The van der Waals surface area contributed by atoms with Crippen LogP contribution in [0.5, 0.6) is 0 Å². The topological polar surface area (TPSA) is 29.9 Å². The Labute approximate surface area is 85.6 Å². The minimum Gasteiger partial charge on any atom is -0.307 e. The van der Waals surface area contributed by atoms with Crippen LogP contribution in [-0.4, -0.2) is 9.78 Å². The SMILES string of the molecule is Brc1c2c(nn1C1CCC1)CNC2. The first-order chi connectivity index (χ1) is 6.36. The molecule has 0 spiro atoms. The number of aromatic nitrogens is 2. The van der Waals surface area contributed by atoms with Crippen LogP contribution < -0.4 is 5.32 Å². The Kier molecular flexibility index (Phi) is 1.73. The van der Waals surface area contributed by atoms with E-state index in [0.717, 1.165) is 13.1 Å². The zero-order chi connectivity index (χ0) is 8.84. The Bertz CT molecular complexity index is 341. The molecular formula is C9H12BrN3. The highest BCUT2D eigenvalue weighted by atomic mass is 79.9. The lowest BCUT2D eigenvalue weighted by molar-refractivity contribution is 0.283. The van der Waals surface area contributed by atoms with Gasteiger partial charge in [0.1, 0.15) is 4.60 Å². The van der Waals surface area contributed by atoms with Crippen molar-refractivity contribution < 1.29 is 0 Å². The zero-order valence-electron chi connectivity index (χ0n) is 7.39. The molecule has 0 saturated heterocycles. The fourth-order valence-corrected chi connectivity index (χ4v) is 2.73. The predicted octanol–water partition coefficient (Wildman–Crippen LogP) is 1.97. The lowest BCUT2D eigenvalue weighted by Crippen LogP contribution is -2.19. The summed E-state index contributed by atoms with van der Waals surface area (Å²) in [6, 6.07) is 0.667. The van der Waals surface area contributed by atoms with Crippen LogP contribution in [0, 0.1) is 0 Å². The van der Waals surface area contributed by atoms with Crippen molar-refractivity contribution in [2.24, 2.45) is 0 Å². The Morgan fingerprint density at radius 1 is 1.38 bits per heavy atom. The molecule has 0 unspecified atom stereocenters. The highest BCUT2D eigenvalue weighted by molar-refractivity contribution is 9.10. The Morgan fingerprint density at radius 2 is 2.23 bits per heavy atom. The molecule has 3 rings (SSSR count). The maximum Gasteiger partial charge on any atom is 0.109 e. The highest BCUT2D eigenvalue weighted by Crippen LogP contribution is 2.36. The second kappa shape index (κ2) is 2.82. The summed E-state index contributed by atoms with van der Waals surface area (Å²) in [6.45, 7) is 1.91. The van der Waals surface area contributed by atoms with Gasteiger partial charge in [-0.1, -0.05) is 0 Å². The lowest BCUT2D eigenvalue weighted by Gasteiger charge is -2.26. The molecule has 1 aliphatic heterocycles. The molecule has 13 heavy (non-hydrogen) atoms. The van der Waals surface area contributed by atoms with Gasteiger partial charge in [0.25, 0.3) is 0 Å². The van der Waals surface area contributed by atoms with E-state index in [9.17, 15) is 0 Å². The van der Waals surface area contributed by atoms with Gasteiger partial charge in [-0.05, 0) is 35.2 Å². The smallest absolute Gasteiger partial charge is 0.109 e. The first-order valence-corrected chi connectivity index (χ1v) is 5.62. The predicted molar refractivity (Wildman–Crippen MR) is 53.4 cm³/mol. The number of nitrogens with one attached hydrogen (secondary N) is 1. The van der Waals surface area contributed by atoms with Crippen LogP contribution in [-0.2, 0) is 13.1 Å². The summed E-state index contributed by atoms with van der Waals surface area (Å²) in [5.74, 6) is 0. The molecule has 1 fully saturated rings. The third kappa shape index (κ3) is 1.08. The zero-order valence-corrected chi connectivity index (χ0v) is 8.97. The Balaban J connectivity index is 2.01. The van der Waals surface area contributed by atoms with E-state index in [-0.39, 0.29) is 0 Å². The number of nitrogens with zero attached hydrogens (tertiary/aromatic N) is 2. The van der Waals surface area contributed by atoms with Gasteiger partial charge in [0, 0.05) is 18.7 Å². The van der Waals surface area contributed by atoms with Gasteiger partial charge in [-0.25, -0.2) is 0 Å². The van der Waals surface area contributed by atoms with E-state index in [2.05, 4.69) is 31.0 Å². The van der Waals surface area contributed by atoms with Gasteiger partial charge in [0.15, 0.2) is 0 Å². The van der Waals surface area contributed by atoms with E-state index in [1.807, 2.05) is 0 Å². The first-order valence-electron chi connectivity index (χ1n) is 4.83.